The van der Waals surface area contributed by atoms with Crippen LogP contribution in [0.3, 0.4) is 0 Å². The molecule has 0 saturated carbocycles. The lowest BCUT2D eigenvalue weighted by atomic mass is 10.2. The van der Waals surface area contributed by atoms with Crippen LogP contribution in [0.25, 0.3) is 0 Å². The molecule has 0 aliphatic carbocycles. The van der Waals surface area contributed by atoms with Crippen molar-refractivity contribution in [3.05, 3.63) is 40.6 Å². The Morgan fingerprint density at radius 1 is 0.950 bits per heavy atom. The van der Waals surface area contributed by atoms with Gasteiger partial charge in [-0.2, -0.15) is 4.98 Å². The van der Waals surface area contributed by atoms with Gasteiger partial charge in [0.25, 0.3) is 0 Å². The summed E-state index contributed by atoms with van der Waals surface area (Å²) in [5.74, 6) is -10.9. The van der Waals surface area contributed by atoms with E-state index >= 15 is 0 Å². The molecule has 0 saturated heterocycles. The monoisotopic (exact) mass is 310 g/mol. The molecule has 4 nitrogen and oxygen atoms in total. The molecule has 10 heteroatoms. The summed E-state index contributed by atoms with van der Waals surface area (Å²) >= 11 is 5.44. The molecule has 0 aliphatic rings. The number of nitrogens with two attached hydrogens (primary N) is 1. The second kappa shape index (κ2) is 5.08. The first kappa shape index (κ1) is 14.3. The molecular weight excluding hydrogens is 307 g/mol. The van der Waals surface area contributed by atoms with Crippen LogP contribution in [0.1, 0.15) is 0 Å². The van der Waals surface area contributed by atoms with Crippen LogP contribution in [-0.2, 0) is 0 Å². The lowest BCUT2D eigenvalue weighted by Gasteiger charge is -2.11. The fraction of sp³-hybridized carbons (Fsp3) is 0. The number of rotatable bonds is 2. The molecule has 0 amide bonds. The van der Waals surface area contributed by atoms with Gasteiger partial charge in [-0.1, -0.05) is 0 Å². The van der Waals surface area contributed by atoms with E-state index in [1.165, 1.54) is 0 Å². The highest BCUT2D eigenvalue weighted by molar-refractivity contribution is 6.28. The van der Waals surface area contributed by atoms with Gasteiger partial charge in [0.2, 0.25) is 11.1 Å². The van der Waals surface area contributed by atoms with Crippen molar-refractivity contribution in [1.82, 2.24) is 9.97 Å². The Morgan fingerprint density at radius 3 is 2.00 bits per heavy atom. The molecule has 1 aromatic carbocycles. The molecule has 0 radical (unpaired) electrons. The van der Waals surface area contributed by atoms with E-state index in [-0.39, 0.29) is 11.0 Å². The predicted octanol–water partition coefficient (Wildman–Crippen LogP) is 3.15. The highest BCUT2D eigenvalue weighted by Gasteiger charge is 2.26. The van der Waals surface area contributed by atoms with Crippen LogP contribution in [0.5, 0.6) is 0 Å². The Bertz CT molecular complexity index is 665. The summed E-state index contributed by atoms with van der Waals surface area (Å²) in [7, 11) is 0. The van der Waals surface area contributed by atoms with E-state index in [2.05, 4.69) is 9.97 Å². The minimum Gasteiger partial charge on any atom is -0.394 e. The summed E-state index contributed by atoms with van der Waals surface area (Å²) in [6.07, 6.45) is 1.00. The highest BCUT2D eigenvalue weighted by atomic mass is 35.5. The van der Waals surface area contributed by atoms with Gasteiger partial charge in [0.1, 0.15) is 5.69 Å². The minimum absolute atomic E-state index is 0.196. The first-order valence-electron chi connectivity index (χ1n) is 4.89. The molecule has 2 aromatic rings. The normalized spacial score (nSPS) is 10.7. The molecule has 0 spiro atoms. The number of halogens is 6. The van der Waals surface area contributed by atoms with E-state index in [1.807, 2.05) is 5.32 Å². The zero-order valence-electron chi connectivity index (χ0n) is 9.32. The maximum atomic E-state index is 13.4. The van der Waals surface area contributed by atoms with Gasteiger partial charge < -0.3 is 11.1 Å². The predicted molar refractivity (Wildman–Crippen MR) is 61.0 cm³/mol. The Kier molecular flexibility index (Phi) is 3.62. The van der Waals surface area contributed by atoms with Crippen LogP contribution < -0.4 is 11.1 Å². The maximum Gasteiger partial charge on any atom is 0.224 e. The molecule has 0 bridgehead atoms. The van der Waals surface area contributed by atoms with Crippen molar-refractivity contribution in [3.63, 3.8) is 0 Å². The zero-order valence-corrected chi connectivity index (χ0v) is 10.1. The third kappa shape index (κ3) is 2.31. The van der Waals surface area contributed by atoms with Crippen LogP contribution in [-0.4, -0.2) is 9.97 Å². The number of nitrogens with zero attached hydrogens (tertiary/aromatic N) is 2. The SMILES string of the molecule is Nc1cnc(Cl)nc1Nc1c(F)c(F)c(F)c(F)c1F. The standard InChI is InChI=1S/C10H4ClF5N4/c11-10-18-1-2(17)9(20-10)19-8-6(15)4(13)3(12)5(14)7(8)16/h1H,17H2,(H,18,19,20). The molecule has 0 aliphatic heterocycles. The lowest BCUT2D eigenvalue weighted by molar-refractivity contribution is 0.382. The number of nitrogen functional groups attached to an aromatic ring is 1. The quantitative estimate of drug-likeness (QED) is 0.387. The summed E-state index contributed by atoms with van der Waals surface area (Å²) in [6, 6.07) is 0. The van der Waals surface area contributed by atoms with Crippen molar-refractivity contribution >= 4 is 28.8 Å². The summed E-state index contributed by atoms with van der Waals surface area (Å²) in [4.78, 5) is 6.95. The van der Waals surface area contributed by atoms with E-state index in [0.717, 1.165) is 6.20 Å². The van der Waals surface area contributed by atoms with Gasteiger partial charge >= 0.3 is 0 Å². The number of benzene rings is 1. The fourth-order valence-corrected chi connectivity index (χ4v) is 1.44. The van der Waals surface area contributed by atoms with Crippen molar-refractivity contribution in [2.75, 3.05) is 11.1 Å². The molecular formula is C10H4ClF5N4. The highest BCUT2D eigenvalue weighted by Crippen LogP contribution is 2.30. The van der Waals surface area contributed by atoms with Gasteiger partial charge in [-0.3, -0.25) is 0 Å². The molecule has 0 unspecified atom stereocenters. The zero-order chi connectivity index (χ0) is 15.0. The molecule has 2 rings (SSSR count). The van der Waals surface area contributed by atoms with Crippen molar-refractivity contribution in [2.24, 2.45) is 0 Å². The van der Waals surface area contributed by atoms with Crippen molar-refractivity contribution in [1.29, 1.82) is 0 Å². The van der Waals surface area contributed by atoms with Gasteiger partial charge in [0.05, 0.1) is 11.9 Å². The largest absolute Gasteiger partial charge is 0.394 e. The first-order valence-corrected chi connectivity index (χ1v) is 5.27. The smallest absolute Gasteiger partial charge is 0.224 e. The van der Waals surface area contributed by atoms with Gasteiger partial charge in [0, 0.05) is 0 Å². The molecule has 20 heavy (non-hydrogen) atoms. The Hall–Kier alpha value is -2.16. The second-order valence-electron chi connectivity index (χ2n) is 3.51. The van der Waals surface area contributed by atoms with E-state index < -0.39 is 40.6 Å². The van der Waals surface area contributed by atoms with Crippen LogP contribution in [0.2, 0.25) is 5.28 Å². The maximum absolute atomic E-state index is 13.4. The summed E-state index contributed by atoms with van der Waals surface area (Å²) in [6.45, 7) is 0. The third-order valence-electron chi connectivity index (χ3n) is 2.24. The average molecular weight is 311 g/mol. The van der Waals surface area contributed by atoms with E-state index in [9.17, 15) is 22.0 Å². The van der Waals surface area contributed by atoms with E-state index in [0.29, 0.717) is 0 Å². The Labute approximate surface area is 113 Å². The number of aromatic nitrogens is 2. The van der Waals surface area contributed by atoms with Gasteiger partial charge in [-0.25, -0.2) is 26.9 Å². The average Bonchev–Trinajstić information content (AvgIpc) is 2.43. The Morgan fingerprint density at radius 2 is 1.45 bits per heavy atom. The van der Waals surface area contributed by atoms with Crippen LogP contribution in [0, 0.1) is 29.1 Å². The lowest BCUT2D eigenvalue weighted by Crippen LogP contribution is -2.09. The first-order chi connectivity index (χ1) is 9.32. The van der Waals surface area contributed by atoms with Crippen molar-refractivity contribution in [3.8, 4) is 0 Å². The van der Waals surface area contributed by atoms with Gasteiger partial charge in [-0.15, -0.1) is 0 Å². The van der Waals surface area contributed by atoms with E-state index in [4.69, 9.17) is 17.3 Å². The van der Waals surface area contributed by atoms with Crippen molar-refractivity contribution < 1.29 is 22.0 Å². The van der Waals surface area contributed by atoms with Gasteiger partial charge in [-0.05, 0) is 11.6 Å². The molecule has 0 atom stereocenters. The number of hydrogen-bond acceptors (Lipinski definition) is 4. The minimum atomic E-state index is -2.26. The van der Waals surface area contributed by atoms with Crippen LogP contribution >= 0.6 is 11.6 Å². The van der Waals surface area contributed by atoms with E-state index in [1.54, 1.807) is 0 Å². The third-order valence-corrected chi connectivity index (χ3v) is 2.42. The number of nitrogens with one attached hydrogen (secondary N) is 1. The summed E-state index contributed by atoms with van der Waals surface area (Å²) in [5, 5.41) is 1.57. The second-order valence-corrected chi connectivity index (χ2v) is 3.85. The number of anilines is 3. The summed E-state index contributed by atoms with van der Waals surface area (Å²) in [5.41, 5.74) is 3.91. The molecule has 0 fully saturated rings. The molecule has 3 N–H and O–H groups in total. The van der Waals surface area contributed by atoms with Gasteiger partial charge in [0.15, 0.2) is 29.1 Å². The summed E-state index contributed by atoms with van der Waals surface area (Å²) < 4.78 is 65.7. The topological polar surface area (TPSA) is 63.8 Å². The van der Waals surface area contributed by atoms with Crippen LogP contribution in [0.4, 0.5) is 39.1 Å². The molecule has 1 heterocycles. The molecule has 106 valence electrons. The number of hydrogen-bond donors (Lipinski definition) is 2. The van der Waals surface area contributed by atoms with Crippen molar-refractivity contribution in [2.45, 2.75) is 0 Å². The fourth-order valence-electron chi connectivity index (χ4n) is 1.30. The van der Waals surface area contributed by atoms with Crippen LogP contribution in [0.15, 0.2) is 6.20 Å². The molecule has 1 aromatic heterocycles. The Balaban J connectivity index is 2.57.